The molecule has 0 aromatic carbocycles. The fourth-order valence-electron chi connectivity index (χ4n) is 4.45. The van der Waals surface area contributed by atoms with Crippen LogP contribution >= 0.6 is 7.67 Å². The van der Waals surface area contributed by atoms with Gasteiger partial charge in [0.1, 0.15) is 29.9 Å². The van der Waals surface area contributed by atoms with Gasteiger partial charge in [0.25, 0.3) is 0 Å². The molecule has 3 rings (SSSR count). The molecule has 0 amide bonds. The molecule has 0 spiro atoms. The van der Waals surface area contributed by atoms with E-state index in [1.54, 1.807) is 0 Å². The van der Waals surface area contributed by atoms with E-state index >= 15 is 0 Å². The third kappa shape index (κ3) is 8.05. The minimum atomic E-state index is -4.72. The van der Waals surface area contributed by atoms with Crippen molar-refractivity contribution in [3.05, 3.63) is 6.33 Å². The van der Waals surface area contributed by atoms with E-state index in [1.165, 1.54) is 24.9 Å². The first-order valence-corrected chi connectivity index (χ1v) is 15.0. The average molecular weight is 678 g/mol. The van der Waals surface area contributed by atoms with Gasteiger partial charge in [0, 0.05) is 0 Å². The highest BCUT2D eigenvalue weighted by Gasteiger charge is 2.54. The Bertz CT molecular complexity index is 1440. The van der Waals surface area contributed by atoms with Gasteiger partial charge in [-0.25, -0.2) is 15.2 Å². The fraction of sp³-hybridized carbons (Fsp3) is 0.625. The normalized spacial score (nSPS) is 22.6. The molecule has 22 heteroatoms. The maximum atomic E-state index is 14.2. The van der Waals surface area contributed by atoms with Crippen LogP contribution in [0.15, 0.2) is 6.33 Å². The summed E-state index contributed by atoms with van der Waals surface area (Å²) in [5, 5.41) is 27.0. The van der Waals surface area contributed by atoms with Crippen molar-refractivity contribution in [3.63, 3.8) is 0 Å². The number of carbonyl (C=O) groups excluding carboxylic acids is 4. The van der Waals surface area contributed by atoms with Crippen LogP contribution in [-0.2, 0) is 52.0 Å². The number of hydrogen-bond donors (Lipinski definition) is 5. The van der Waals surface area contributed by atoms with Crippen LogP contribution < -0.4 is 20.6 Å². The van der Waals surface area contributed by atoms with Gasteiger partial charge in [0.15, 0.2) is 17.4 Å². The number of fused-ring (bicyclic) bond motifs is 1. The first-order chi connectivity index (χ1) is 21.6. The van der Waals surface area contributed by atoms with Gasteiger partial charge in [-0.05, 0) is 6.92 Å². The first-order valence-electron chi connectivity index (χ1n) is 13.3. The maximum Gasteiger partial charge on any atom is 0.342 e. The van der Waals surface area contributed by atoms with Gasteiger partial charge in [0.2, 0.25) is 11.8 Å². The van der Waals surface area contributed by atoms with Crippen LogP contribution in [-0.4, -0.2) is 126 Å². The molecule has 0 aliphatic carbocycles. The number of aliphatic hydroxyl groups is 2. The number of aromatic nitrogens is 4. The van der Waals surface area contributed by atoms with Gasteiger partial charge in [-0.2, -0.15) is 9.97 Å². The number of nitrogens with one attached hydrogen (secondary N) is 2. The molecule has 1 saturated heterocycles. The molecule has 1 aliphatic heterocycles. The van der Waals surface area contributed by atoms with E-state index < -0.39 is 87.1 Å². The number of methoxy groups -OCH3 is 5. The zero-order valence-electron chi connectivity index (χ0n) is 25.7. The molecule has 0 bridgehead atoms. The number of anilines is 1. The van der Waals surface area contributed by atoms with E-state index in [1.807, 2.05) is 0 Å². The SMILES string of the molecule is COC(=O)C[C@H](NP(=O)(N[C@@H](CC(=O)OC)C(=O)OC)OC[C@H]1O[C@@H](n2cnc3c(OC)nc(N)nc32)[C@](C)(O)[C@@H]1O)C(=O)OC. The molecule has 0 saturated carbocycles. The van der Waals surface area contributed by atoms with Gasteiger partial charge in [-0.3, -0.25) is 28.3 Å². The third-order valence-electron chi connectivity index (χ3n) is 6.85. The second kappa shape index (κ2) is 15.1. The van der Waals surface area contributed by atoms with Crippen molar-refractivity contribution in [2.45, 2.75) is 55.9 Å². The molecule has 6 N–H and O–H groups in total. The summed E-state index contributed by atoms with van der Waals surface area (Å²) in [6, 6.07) is -3.31. The zero-order chi connectivity index (χ0) is 34.4. The molecule has 6 atom stereocenters. The van der Waals surface area contributed by atoms with Gasteiger partial charge in [-0.1, -0.05) is 0 Å². The van der Waals surface area contributed by atoms with E-state index in [4.69, 9.17) is 19.7 Å². The number of nitrogens with two attached hydrogens (primary N) is 1. The Morgan fingerprint density at radius 1 is 1.02 bits per heavy atom. The van der Waals surface area contributed by atoms with Gasteiger partial charge in [-0.15, -0.1) is 0 Å². The molecule has 3 heterocycles. The van der Waals surface area contributed by atoms with Crippen LogP contribution in [0.3, 0.4) is 0 Å². The van der Waals surface area contributed by atoms with Gasteiger partial charge < -0.3 is 48.9 Å². The number of rotatable bonds is 15. The highest BCUT2D eigenvalue weighted by atomic mass is 31.2. The largest absolute Gasteiger partial charge is 0.479 e. The quantitative estimate of drug-likeness (QED) is 0.0769. The lowest BCUT2D eigenvalue weighted by atomic mass is 9.96. The van der Waals surface area contributed by atoms with E-state index in [2.05, 4.69) is 44.1 Å². The van der Waals surface area contributed by atoms with Crippen molar-refractivity contribution in [3.8, 4) is 5.88 Å². The van der Waals surface area contributed by atoms with Crippen molar-refractivity contribution >= 4 is 48.7 Å². The van der Waals surface area contributed by atoms with Crippen LogP contribution in [0.4, 0.5) is 5.95 Å². The second-order valence-corrected chi connectivity index (χ2v) is 11.8. The number of aliphatic hydroxyl groups excluding tert-OH is 1. The summed E-state index contributed by atoms with van der Waals surface area (Å²) in [5.41, 5.74) is 3.99. The molecular formula is C24H36N7O14P. The molecular weight excluding hydrogens is 641 g/mol. The van der Waals surface area contributed by atoms with E-state index in [9.17, 15) is 34.0 Å². The van der Waals surface area contributed by atoms with Crippen LogP contribution in [0.5, 0.6) is 5.88 Å². The number of imidazole rings is 1. The van der Waals surface area contributed by atoms with E-state index in [0.717, 1.165) is 28.4 Å². The van der Waals surface area contributed by atoms with Crippen molar-refractivity contribution in [2.24, 2.45) is 0 Å². The molecule has 21 nitrogen and oxygen atoms in total. The highest BCUT2D eigenvalue weighted by molar-refractivity contribution is 7.54. The standard InChI is InChI=1S/C24H36N7O14P/c1-24(37)17(34)13(45-22(24)31-10-26-16-18(31)27-23(25)28-19(16)41-4)9-44-46(38,29-11(20(35)42-5)7-14(32)39-2)30-12(21(36)43-6)8-15(33)40-3/h10-13,17,22,34,37H,7-9H2,1-6H3,(H2,25,27,28)(H2,29,30,38)/t11-,12-,13+,17+,22+,24+/m0/s1. The Balaban J connectivity index is 1.95. The molecule has 46 heavy (non-hydrogen) atoms. The molecule has 256 valence electrons. The minimum Gasteiger partial charge on any atom is -0.479 e. The number of ether oxygens (including phenoxy) is 6. The zero-order valence-corrected chi connectivity index (χ0v) is 26.6. The summed E-state index contributed by atoms with van der Waals surface area (Å²) >= 11 is 0. The van der Waals surface area contributed by atoms with Crippen molar-refractivity contribution in [1.82, 2.24) is 29.7 Å². The van der Waals surface area contributed by atoms with Crippen molar-refractivity contribution < 1.29 is 66.9 Å². The smallest absolute Gasteiger partial charge is 0.342 e. The molecule has 1 fully saturated rings. The minimum absolute atomic E-state index is 0.0386. The van der Waals surface area contributed by atoms with Crippen molar-refractivity contribution in [2.75, 3.05) is 47.9 Å². The predicted molar refractivity (Wildman–Crippen MR) is 152 cm³/mol. The number of nitrogens with zero attached hydrogens (tertiary/aromatic N) is 4. The van der Waals surface area contributed by atoms with Crippen LogP contribution in [0, 0.1) is 0 Å². The second-order valence-electron chi connectivity index (χ2n) is 9.93. The Kier molecular flexibility index (Phi) is 12.0. The fourth-order valence-corrected chi connectivity index (χ4v) is 6.24. The molecule has 2 aromatic rings. The Morgan fingerprint density at radius 2 is 1.57 bits per heavy atom. The van der Waals surface area contributed by atoms with Crippen LogP contribution in [0.25, 0.3) is 11.2 Å². The summed E-state index contributed by atoms with van der Waals surface area (Å²) in [6.45, 7) is 0.482. The summed E-state index contributed by atoms with van der Waals surface area (Å²) in [7, 11) is 0.725. The Morgan fingerprint density at radius 3 is 2.04 bits per heavy atom. The summed E-state index contributed by atoms with van der Waals surface area (Å²) in [5.74, 6) is -4.09. The molecule has 0 unspecified atom stereocenters. The third-order valence-corrected chi connectivity index (χ3v) is 8.66. The Labute approximate surface area is 261 Å². The topological polar surface area (TPSA) is 284 Å². The average Bonchev–Trinajstić information content (AvgIpc) is 3.54. The summed E-state index contributed by atoms with van der Waals surface area (Å²) in [4.78, 5) is 61.2. The van der Waals surface area contributed by atoms with Gasteiger partial charge in [0.05, 0.1) is 61.3 Å². The van der Waals surface area contributed by atoms with Gasteiger partial charge >= 0.3 is 31.5 Å². The summed E-state index contributed by atoms with van der Waals surface area (Å²) in [6.07, 6.45) is -4.65. The van der Waals surface area contributed by atoms with E-state index in [-0.39, 0.29) is 23.0 Å². The maximum absolute atomic E-state index is 14.2. The lowest BCUT2D eigenvalue weighted by Crippen LogP contribution is -2.47. The highest BCUT2D eigenvalue weighted by Crippen LogP contribution is 2.44. The summed E-state index contributed by atoms with van der Waals surface area (Å²) < 4.78 is 50.7. The van der Waals surface area contributed by atoms with Crippen LogP contribution in [0.2, 0.25) is 0 Å². The molecule has 0 radical (unpaired) electrons. The van der Waals surface area contributed by atoms with Crippen LogP contribution in [0.1, 0.15) is 26.0 Å². The first kappa shape index (κ1) is 36.5. The predicted octanol–water partition coefficient (Wildman–Crippen LogP) is -2.06. The van der Waals surface area contributed by atoms with E-state index in [0.29, 0.717) is 0 Å². The molecule has 1 aliphatic rings. The Hall–Kier alpha value is -3.98. The number of nitrogen functional groups attached to an aromatic ring is 1. The molecule has 2 aromatic heterocycles. The number of esters is 4. The monoisotopic (exact) mass is 677 g/mol. The number of carbonyl (C=O) groups is 4. The number of hydrogen-bond acceptors (Lipinski definition) is 18. The van der Waals surface area contributed by atoms with Crippen molar-refractivity contribution in [1.29, 1.82) is 0 Å². The lowest BCUT2D eigenvalue weighted by molar-refractivity contribution is -0.149. The lowest BCUT2D eigenvalue weighted by Gasteiger charge is -2.29.